The maximum Gasteiger partial charge on any atom is 0.228 e. The predicted octanol–water partition coefficient (Wildman–Crippen LogP) is 2.20. The molecule has 0 aromatic heterocycles. The third kappa shape index (κ3) is 3.59. The highest BCUT2D eigenvalue weighted by molar-refractivity contribution is 5.83. The van der Waals surface area contributed by atoms with E-state index in [1.807, 2.05) is 0 Å². The van der Waals surface area contributed by atoms with Crippen LogP contribution in [0.15, 0.2) is 0 Å². The molecule has 0 unspecified atom stereocenters. The molecule has 2 rings (SSSR count). The summed E-state index contributed by atoms with van der Waals surface area (Å²) in [6.45, 7) is 4.95. The Hall–Kier alpha value is -0.610. The second-order valence-electron chi connectivity index (χ2n) is 7.74. The zero-order valence-corrected chi connectivity index (χ0v) is 13.7. The van der Waals surface area contributed by atoms with E-state index in [0.29, 0.717) is 18.4 Å². The molecule has 0 spiro atoms. The molecular weight excluding hydrogens is 264 g/mol. The molecule has 0 radical (unpaired) electrons. The Balaban J connectivity index is 2.04. The number of nitrogens with one attached hydrogen (secondary N) is 1. The quantitative estimate of drug-likeness (QED) is 0.744. The fraction of sp³-hybridized carbons (Fsp3) is 0.941. The minimum Gasteiger partial charge on any atom is -0.394 e. The van der Waals surface area contributed by atoms with Gasteiger partial charge in [0, 0.05) is 6.54 Å². The van der Waals surface area contributed by atoms with Crippen LogP contribution in [0.1, 0.15) is 65.2 Å². The molecule has 0 aliphatic heterocycles. The fourth-order valence-electron chi connectivity index (χ4n) is 3.85. The lowest BCUT2D eigenvalue weighted by Crippen LogP contribution is -2.59. The van der Waals surface area contributed by atoms with Crippen LogP contribution >= 0.6 is 0 Å². The van der Waals surface area contributed by atoms with Gasteiger partial charge < -0.3 is 16.2 Å². The molecule has 0 aromatic carbocycles. The average Bonchev–Trinajstić information content (AvgIpc) is 2.51. The SMILES string of the molecule is CC1CCC(CO)(NC(=O)C2(CN)CCC(C)CC2)CC1. The standard InChI is InChI=1S/C17H32N2O2/c1-13-3-7-16(11-18,8-4-13)15(21)19-17(12-20)9-5-14(2)6-10-17/h13-14,20H,3-12,18H2,1-2H3,(H,19,21). The van der Waals surface area contributed by atoms with Crippen molar-refractivity contribution < 1.29 is 9.90 Å². The molecule has 122 valence electrons. The topological polar surface area (TPSA) is 75.3 Å². The van der Waals surface area contributed by atoms with E-state index in [4.69, 9.17) is 5.73 Å². The molecule has 4 heteroatoms. The van der Waals surface area contributed by atoms with Crippen molar-refractivity contribution in [3.63, 3.8) is 0 Å². The molecule has 21 heavy (non-hydrogen) atoms. The number of aliphatic hydroxyl groups excluding tert-OH is 1. The van der Waals surface area contributed by atoms with Gasteiger partial charge in [0.05, 0.1) is 17.6 Å². The van der Waals surface area contributed by atoms with E-state index in [1.165, 1.54) is 0 Å². The zero-order valence-electron chi connectivity index (χ0n) is 13.7. The average molecular weight is 296 g/mol. The lowest BCUT2D eigenvalue weighted by atomic mass is 9.69. The molecule has 4 nitrogen and oxygen atoms in total. The van der Waals surface area contributed by atoms with Gasteiger partial charge in [-0.05, 0) is 63.2 Å². The summed E-state index contributed by atoms with van der Waals surface area (Å²) < 4.78 is 0. The lowest BCUT2D eigenvalue weighted by Gasteiger charge is -2.43. The van der Waals surface area contributed by atoms with Crippen LogP contribution in [0.3, 0.4) is 0 Å². The summed E-state index contributed by atoms with van der Waals surface area (Å²) in [5, 5.41) is 13.0. The smallest absolute Gasteiger partial charge is 0.228 e. The van der Waals surface area contributed by atoms with Gasteiger partial charge in [0.25, 0.3) is 0 Å². The first-order valence-corrected chi connectivity index (χ1v) is 8.59. The first-order valence-electron chi connectivity index (χ1n) is 8.59. The number of rotatable bonds is 4. The van der Waals surface area contributed by atoms with Gasteiger partial charge in [0.15, 0.2) is 0 Å². The number of amides is 1. The van der Waals surface area contributed by atoms with E-state index >= 15 is 0 Å². The lowest BCUT2D eigenvalue weighted by molar-refractivity contribution is -0.136. The Morgan fingerprint density at radius 2 is 1.57 bits per heavy atom. The summed E-state index contributed by atoms with van der Waals surface area (Å²) in [5.74, 6) is 1.47. The summed E-state index contributed by atoms with van der Waals surface area (Å²) in [6, 6.07) is 0. The molecule has 4 N–H and O–H groups in total. The maximum atomic E-state index is 12.9. The predicted molar refractivity (Wildman–Crippen MR) is 84.7 cm³/mol. The van der Waals surface area contributed by atoms with Crippen LogP contribution in [-0.2, 0) is 4.79 Å². The minimum atomic E-state index is -0.408. The Bertz CT molecular complexity index is 354. The van der Waals surface area contributed by atoms with E-state index in [2.05, 4.69) is 19.2 Å². The van der Waals surface area contributed by atoms with Crippen molar-refractivity contribution >= 4 is 5.91 Å². The highest BCUT2D eigenvalue weighted by atomic mass is 16.3. The number of hydrogen-bond donors (Lipinski definition) is 3. The Morgan fingerprint density at radius 1 is 1.10 bits per heavy atom. The van der Waals surface area contributed by atoms with E-state index in [0.717, 1.165) is 51.4 Å². The van der Waals surface area contributed by atoms with Gasteiger partial charge in [-0.25, -0.2) is 0 Å². The molecule has 0 saturated heterocycles. The van der Waals surface area contributed by atoms with Gasteiger partial charge in [0.1, 0.15) is 0 Å². The van der Waals surface area contributed by atoms with Crippen LogP contribution in [0.2, 0.25) is 0 Å². The van der Waals surface area contributed by atoms with Crippen molar-refractivity contribution in [1.29, 1.82) is 0 Å². The van der Waals surface area contributed by atoms with Crippen LogP contribution in [0.25, 0.3) is 0 Å². The fourth-order valence-corrected chi connectivity index (χ4v) is 3.85. The van der Waals surface area contributed by atoms with Crippen molar-refractivity contribution in [1.82, 2.24) is 5.32 Å². The van der Waals surface area contributed by atoms with Gasteiger partial charge in [0.2, 0.25) is 5.91 Å². The minimum absolute atomic E-state index is 0.0442. The second-order valence-corrected chi connectivity index (χ2v) is 7.74. The molecule has 0 atom stereocenters. The van der Waals surface area contributed by atoms with E-state index < -0.39 is 11.0 Å². The summed E-state index contributed by atoms with van der Waals surface area (Å²) in [5.41, 5.74) is 5.16. The largest absolute Gasteiger partial charge is 0.394 e. The third-order valence-electron chi connectivity index (χ3n) is 6.02. The van der Waals surface area contributed by atoms with Crippen molar-refractivity contribution in [3.05, 3.63) is 0 Å². The molecular formula is C17H32N2O2. The first kappa shape index (κ1) is 16.8. The number of hydrogen-bond acceptors (Lipinski definition) is 3. The molecule has 0 bridgehead atoms. The van der Waals surface area contributed by atoms with E-state index in [-0.39, 0.29) is 12.5 Å². The highest BCUT2D eigenvalue weighted by Crippen LogP contribution is 2.40. The number of nitrogens with two attached hydrogens (primary N) is 1. The molecule has 2 aliphatic carbocycles. The van der Waals surface area contributed by atoms with Crippen LogP contribution < -0.4 is 11.1 Å². The highest BCUT2D eigenvalue weighted by Gasteiger charge is 2.44. The molecule has 1 amide bonds. The summed E-state index contributed by atoms with van der Waals surface area (Å²) >= 11 is 0. The molecule has 0 aromatic rings. The zero-order chi connectivity index (χ0) is 15.5. The van der Waals surface area contributed by atoms with E-state index in [1.54, 1.807) is 0 Å². The number of carbonyl (C=O) groups excluding carboxylic acids is 1. The molecule has 2 aliphatic rings. The van der Waals surface area contributed by atoms with Gasteiger partial charge >= 0.3 is 0 Å². The summed E-state index contributed by atoms with van der Waals surface area (Å²) in [6.07, 6.45) is 7.84. The first-order chi connectivity index (χ1) is 9.95. The van der Waals surface area contributed by atoms with Gasteiger partial charge in [-0.2, -0.15) is 0 Å². The molecule has 0 heterocycles. The Morgan fingerprint density at radius 3 is 2.00 bits per heavy atom. The van der Waals surface area contributed by atoms with Gasteiger partial charge in [-0.3, -0.25) is 4.79 Å². The molecule has 2 fully saturated rings. The van der Waals surface area contributed by atoms with Crippen molar-refractivity contribution in [3.8, 4) is 0 Å². The second kappa shape index (κ2) is 6.66. The van der Waals surface area contributed by atoms with E-state index in [9.17, 15) is 9.90 Å². The van der Waals surface area contributed by atoms with Crippen LogP contribution in [0.4, 0.5) is 0 Å². The van der Waals surface area contributed by atoms with Crippen LogP contribution in [-0.4, -0.2) is 29.7 Å². The number of carbonyl (C=O) groups is 1. The van der Waals surface area contributed by atoms with Crippen molar-refractivity contribution in [2.45, 2.75) is 70.8 Å². The number of aliphatic hydroxyl groups is 1. The van der Waals surface area contributed by atoms with Crippen molar-refractivity contribution in [2.75, 3.05) is 13.2 Å². The van der Waals surface area contributed by atoms with Crippen LogP contribution in [0.5, 0.6) is 0 Å². The normalized spacial score (nSPS) is 40.8. The maximum absolute atomic E-state index is 12.9. The Kier molecular flexibility index (Phi) is 5.31. The monoisotopic (exact) mass is 296 g/mol. The van der Waals surface area contributed by atoms with Crippen LogP contribution in [0, 0.1) is 17.3 Å². The summed E-state index contributed by atoms with van der Waals surface area (Å²) in [7, 11) is 0. The Labute approximate surface area is 128 Å². The van der Waals surface area contributed by atoms with Gasteiger partial charge in [-0.1, -0.05) is 13.8 Å². The molecule has 2 saturated carbocycles. The van der Waals surface area contributed by atoms with Crippen molar-refractivity contribution in [2.24, 2.45) is 23.0 Å². The van der Waals surface area contributed by atoms with Gasteiger partial charge in [-0.15, -0.1) is 0 Å². The third-order valence-corrected chi connectivity index (χ3v) is 6.02. The summed E-state index contributed by atoms with van der Waals surface area (Å²) in [4.78, 5) is 12.9.